The van der Waals surface area contributed by atoms with Crippen molar-refractivity contribution in [3.05, 3.63) is 77.2 Å². The molecule has 0 radical (unpaired) electrons. The van der Waals surface area contributed by atoms with E-state index < -0.39 is 0 Å². The molecule has 0 bridgehead atoms. The molecule has 4 unspecified atom stereocenters. The Bertz CT molecular complexity index is 1050. The van der Waals surface area contributed by atoms with Gasteiger partial charge in [-0.05, 0) is 66.2 Å². The monoisotopic (exact) mass is 411 g/mol. The van der Waals surface area contributed by atoms with E-state index in [1.165, 1.54) is 22.5 Å². The highest BCUT2D eigenvalue weighted by Crippen LogP contribution is 2.53. The topological polar surface area (TPSA) is 30.3 Å². The maximum absolute atomic E-state index is 9.52. The van der Waals surface area contributed by atoms with Gasteiger partial charge in [0, 0.05) is 18.4 Å². The molecule has 31 heavy (non-hydrogen) atoms. The lowest BCUT2D eigenvalue weighted by molar-refractivity contribution is 0.183. The molecule has 3 heteroatoms. The molecular formula is C28H33N3. The van der Waals surface area contributed by atoms with Crippen molar-refractivity contribution in [1.82, 2.24) is 4.90 Å². The standard InChI is InChI=1S/C28H33N3/c1-19-10-9-15-26-27(19)28(2,3)22-12-6-8-14-25(22)31(26)24-13-7-5-11-21(24)23-17-16-20(18-29)30(23)4/h5-6,8-9,11-12,14-16,19,23,26-27H,7,10,13,17H2,1-4H3. The minimum absolute atomic E-state index is 0.132. The zero-order chi connectivity index (χ0) is 21.8. The van der Waals surface area contributed by atoms with Gasteiger partial charge in [0.1, 0.15) is 11.8 Å². The molecule has 4 aliphatic rings. The molecule has 5 rings (SSSR count). The summed E-state index contributed by atoms with van der Waals surface area (Å²) in [6, 6.07) is 12.0. The molecule has 2 aliphatic carbocycles. The van der Waals surface area contributed by atoms with E-state index in [1.54, 1.807) is 0 Å². The number of nitriles is 1. The second-order valence-corrected chi connectivity index (χ2v) is 10.2. The zero-order valence-electron chi connectivity index (χ0n) is 19.2. The van der Waals surface area contributed by atoms with Crippen LogP contribution in [0, 0.1) is 23.2 Å². The van der Waals surface area contributed by atoms with E-state index in [2.05, 4.69) is 98.3 Å². The first-order valence-corrected chi connectivity index (χ1v) is 11.7. The van der Waals surface area contributed by atoms with Gasteiger partial charge in [-0.2, -0.15) is 5.26 Å². The first-order chi connectivity index (χ1) is 14.9. The number of allylic oxidation sites excluding steroid dienone is 4. The van der Waals surface area contributed by atoms with E-state index in [0.29, 0.717) is 17.9 Å². The maximum Gasteiger partial charge on any atom is 0.117 e. The van der Waals surface area contributed by atoms with Gasteiger partial charge in [-0.15, -0.1) is 0 Å². The van der Waals surface area contributed by atoms with Crippen molar-refractivity contribution in [3.63, 3.8) is 0 Å². The van der Waals surface area contributed by atoms with Crippen molar-refractivity contribution in [2.75, 3.05) is 11.9 Å². The van der Waals surface area contributed by atoms with E-state index in [4.69, 9.17) is 0 Å². The van der Waals surface area contributed by atoms with Gasteiger partial charge in [-0.25, -0.2) is 0 Å². The summed E-state index contributed by atoms with van der Waals surface area (Å²) in [5.41, 5.74) is 6.59. The van der Waals surface area contributed by atoms with Crippen molar-refractivity contribution < 1.29 is 0 Å². The largest absolute Gasteiger partial charge is 0.359 e. The lowest BCUT2D eigenvalue weighted by Crippen LogP contribution is -2.55. The van der Waals surface area contributed by atoms with Crippen LogP contribution in [0.25, 0.3) is 0 Å². The molecule has 2 heterocycles. The quantitative estimate of drug-likeness (QED) is 0.552. The maximum atomic E-state index is 9.52. The van der Waals surface area contributed by atoms with Crippen LogP contribution in [-0.2, 0) is 5.41 Å². The number of likely N-dealkylation sites (N-methyl/N-ethyl adjacent to an activating group) is 1. The molecule has 0 amide bonds. The second-order valence-electron chi connectivity index (χ2n) is 10.2. The summed E-state index contributed by atoms with van der Waals surface area (Å²) in [7, 11) is 2.07. The van der Waals surface area contributed by atoms with Crippen molar-refractivity contribution in [2.45, 2.75) is 64.0 Å². The van der Waals surface area contributed by atoms with Crippen LogP contribution >= 0.6 is 0 Å². The molecule has 0 fully saturated rings. The van der Waals surface area contributed by atoms with Crippen LogP contribution in [0.1, 0.15) is 52.0 Å². The third-order valence-electron chi connectivity index (χ3n) is 8.14. The highest BCUT2D eigenvalue weighted by Gasteiger charge is 2.49. The Kier molecular flexibility index (Phi) is 4.85. The third kappa shape index (κ3) is 2.99. The Morgan fingerprint density at radius 2 is 1.94 bits per heavy atom. The predicted molar refractivity (Wildman–Crippen MR) is 127 cm³/mol. The van der Waals surface area contributed by atoms with Crippen LogP contribution in [0.3, 0.4) is 0 Å². The van der Waals surface area contributed by atoms with Gasteiger partial charge < -0.3 is 9.80 Å². The van der Waals surface area contributed by atoms with Gasteiger partial charge >= 0.3 is 0 Å². The van der Waals surface area contributed by atoms with Crippen LogP contribution in [-0.4, -0.2) is 24.0 Å². The fourth-order valence-electron chi connectivity index (χ4n) is 6.70. The molecule has 3 nitrogen and oxygen atoms in total. The number of rotatable bonds is 2. The minimum atomic E-state index is 0.132. The molecule has 1 aromatic rings. The van der Waals surface area contributed by atoms with Crippen molar-refractivity contribution in [1.29, 1.82) is 5.26 Å². The Morgan fingerprint density at radius 1 is 1.13 bits per heavy atom. The van der Waals surface area contributed by atoms with E-state index in [0.717, 1.165) is 31.4 Å². The molecule has 4 atom stereocenters. The van der Waals surface area contributed by atoms with Gasteiger partial charge in [-0.1, -0.05) is 63.3 Å². The van der Waals surface area contributed by atoms with Crippen molar-refractivity contribution >= 4 is 5.69 Å². The van der Waals surface area contributed by atoms with E-state index in [9.17, 15) is 5.26 Å². The molecule has 0 N–H and O–H groups in total. The average molecular weight is 412 g/mol. The molecule has 2 aliphatic heterocycles. The number of fused-ring (bicyclic) bond motifs is 2. The summed E-state index contributed by atoms with van der Waals surface area (Å²) < 4.78 is 0. The smallest absolute Gasteiger partial charge is 0.117 e. The van der Waals surface area contributed by atoms with Crippen LogP contribution in [0.2, 0.25) is 0 Å². The SMILES string of the molecule is CC1CC=CC2C1C(C)(C)c1ccccc1N2C1=C(C2CC=C(C#N)N2C)C=CCC1. The summed E-state index contributed by atoms with van der Waals surface area (Å²) in [6.45, 7) is 7.32. The van der Waals surface area contributed by atoms with Gasteiger partial charge in [0.05, 0.1) is 12.1 Å². The molecule has 0 spiro atoms. The molecule has 0 aromatic heterocycles. The molecule has 1 aromatic carbocycles. The average Bonchev–Trinajstić information content (AvgIpc) is 3.14. The Hall–Kier alpha value is -2.73. The van der Waals surface area contributed by atoms with Crippen molar-refractivity contribution in [2.24, 2.45) is 11.8 Å². The lowest BCUT2D eigenvalue weighted by atomic mass is 9.59. The molecular weight excluding hydrogens is 378 g/mol. The Morgan fingerprint density at radius 3 is 2.71 bits per heavy atom. The summed E-state index contributed by atoms with van der Waals surface area (Å²) in [4.78, 5) is 4.84. The predicted octanol–water partition coefficient (Wildman–Crippen LogP) is 6.08. The summed E-state index contributed by atoms with van der Waals surface area (Å²) >= 11 is 0. The number of hydrogen-bond acceptors (Lipinski definition) is 3. The number of nitrogens with zero attached hydrogens (tertiary/aromatic N) is 3. The van der Waals surface area contributed by atoms with Crippen LogP contribution in [0.5, 0.6) is 0 Å². The highest BCUT2D eigenvalue weighted by atomic mass is 15.2. The third-order valence-corrected chi connectivity index (χ3v) is 8.14. The molecule has 160 valence electrons. The van der Waals surface area contributed by atoms with E-state index in [1.807, 2.05) is 0 Å². The van der Waals surface area contributed by atoms with E-state index >= 15 is 0 Å². The number of anilines is 1. The van der Waals surface area contributed by atoms with Crippen LogP contribution < -0.4 is 4.90 Å². The van der Waals surface area contributed by atoms with Crippen molar-refractivity contribution in [3.8, 4) is 6.07 Å². The Balaban J connectivity index is 1.69. The minimum Gasteiger partial charge on any atom is -0.359 e. The number of para-hydroxylation sites is 1. The lowest BCUT2D eigenvalue weighted by Gasteiger charge is -2.55. The van der Waals surface area contributed by atoms with Crippen LogP contribution in [0.4, 0.5) is 5.69 Å². The summed E-state index contributed by atoms with van der Waals surface area (Å²) in [5.74, 6) is 1.21. The van der Waals surface area contributed by atoms with E-state index in [-0.39, 0.29) is 11.5 Å². The van der Waals surface area contributed by atoms with Gasteiger partial charge in [0.2, 0.25) is 0 Å². The van der Waals surface area contributed by atoms with Gasteiger partial charge in [0.15, 0.2) is 0 Å². The van der Waals surface area contributed by atoms with Gasteiger partial charge in [-0.3, -0.25) is 0 Å². The zero-order valence-corrected chi connectivity index (χ0v) is 19.2. The number of hydrogen-bond donors (Lipinski definition) is 0. The molecule has 0 saturated carbocycles. The summed E-state index contributed by atoms with van der Waals surface area (Å²) in [5, 5.41) is 9.52. The number of benzene rings is 1. The first kappa shape index (κ1) is 20.2. The van der Waals surface area contributed by atoms with Crippen LogP contribution in [0.15, 0.2) is 71.6 Å². The fraction of sp³-hybridized carbons (Fsp3) is 0.464. The first-order valence-electron chi connectivity index (χ1n) is 11.7. The van der Waals surface area contributed by atoms with Gasteiger partial charge in [0.25, 0.3) is 0 Å². The Labute approximate surface area is 187 Å². The highest BCUT2D eigenvalue weighted by molar-refractivity contribution is 5.67. The second kappa shape index (κ2) is 7.45. The fourth-order valence-corrected chi connectivity index (χ4v) is 6.70. The summed E-state index contributed by atoms with van der Waals surface area (Å²) in [6.07, 6.45) is 15.8. The molecule has 0 saturated heterocycles. The normalized spacial score (nSPS) is 31.3.